The van der Waals surface area contributed by atoms with Crippen LogP contribution in [0.25, 0.3) is 0 Å². The number of aliphatic hydroxyl groups excluding tert-OH is 1. The Morgan fingerprint density at radius 3 is 2.48 bits per heavy atom. The van der Waals surface area contributed by atoms with Crippen molar-refractivity contribution < 1.29 is 19.4 Å². The molecule has 5 rings (SSSR count). The summed E-state index contributed by atoms with van der Waals surface area (Å²) in [7, 11) is 2.11. The number of ether oxygens (including phenoxy) is 1. The lowest BCUT2D eigenvalue weighted by Crippen LogP contribution is -2.44. The highest BCUT2D eigenvalue weighted by Crippen LogP contribution is 2.37. The van der Waals surface area contributed by atoms with Crippen LogP contribution in [0.5, 0.6) is 5.75 Å². The van der Waals surface area contributed by atoms with Gasteiger partial charge in [0.1, 0.15) is 12.4 Å². The molecule has 182 valence electrons. The van der Waals surface area contributed by atoms with E-state index in [9.17, 15) is 14.7 Å². The fraction of sp³-hybridized carbons (Fsp3) is 0.692. The van der Waals surface area contributed by atoms with Gasteiger partial charge in [0.15, 0.2) is 0 Å². The van der Waals surface area contributed by atoms with Crippen LogP contribution in [0.4, 0.5) is 0 Å². The summed E-state index contributed by atoms with van der Waals surface area (Å²) in [6.07, 6.45) is 6.30. The maximum absolute atomic E-state index is 13.3. The predicted molar refractivity (Wildman–Crippen MR) is 127 cm³/mol. The predicted octanol–water partition coefficient (Wildman–Crippen LogP) is 2.63. The quantitative estimate of drug-likeness (QED) is 0.739. The molecular weight excluding hydrogens is 418 g/mol. The molecule has 0 aliphatic carbocycles. The summed E-state index contributed by atoms with van der Waals surface area (Å²) in [5, 5.41) is 10.2. The number of rotatable bonds is 2. The largest absolute Gasteiger partial charge is 0.491 e. The Morgan fingerprint density at radius 2 is 1.76 bits per heavy atom. The third-order valence-corrected chi connectivity index (χ3v) is 7.95. The van der Waals surface area contributed by atoms with E-state index in [1.807, 2.05) is 34.1 Å². The van der Waals surface area contributed by atoms with Crippen LogP contribution in [0.15, 0.2) is 24.3 Å². The van der Waals surface area contributed by atoms with Gasteiger partial charge in [0.05, 0.1) is 12.1 Å². The third-order valence-electron chi connectivity index (χ3n) is 7.95. The number of nitrogens with zero attached hydrogens (tertiary/aromatic N) is 3. The van der Waals surface area contributed by atoms with Crippen molar-refractivity contribution in [2.24, 2.45) is 11.3 Å². The molecule has 4 aliphatic rings. The number of carbonyl (C=O) groups excluding carboxylic acids is 2. The number of likely N-dealkylation sites (tertiary alicyclic amines) is 1. The van der Waals surface area contributed by atoms with Gasteiger partial charge in [-0.05, 0) is 76.2 Å². The van der Waals surface area contributed by atoms with E-state index in [4.69, 9.17) is 4.74 Å². The van der Waals surface area contributed by atoms with Crippen LogP contribution < -0.4 is 4.74 Å². The molecule has 0 aromatic heterocycles. The van der Waals surface area contributed by atoms with Gasteiger partial charge in [0.2, 0.25) is 5.91 Å². The number of hydrogen-bond donors (Lipinski definition) is 1. The van der Waals surface area contributed by atoms with Crippen LogP contribution in [-0.2, 0) is 4.79 Å². The molecule has 4 heterocycles. The summed E-state index contributed by atoms with van der Waals surface area (Å²) in [5.74, 6) is 0.905. The van der Waals surface area contributed by atoms with E-state index < -0.39 is 0 Å². The van der Waals surface area contributed by atoms with E-state index in [1.165, 1.54) is 0 Å². The minimum atomic E-state index is -0.115. The molecule has 0 radical (unpaired) electrons. The van der Waals surface area contributed by atoms with Gasteiger partial charge in [0, 0.05) is 32.2 Å². The first-order valence-electron chi connectivity index (χ1n) is 12.6. The summed E-state index contributed by atoms with van der Waals surface area (Å²) < 4.78 is 6.08. The number of hydrogen-bond acceptors (Lipinski definition) is 5. The number of piperidine rings is 2. The third kappa shape index (κ3) is 5.69. The first-order valence-corrected chi connectivity index (χ1v) is 12.6. The van der Waals surface area contributed by atoms with E-state index in [1.54, 1.807) is 0 Å². The molecule has 2 bridgehead atoms. The second kappa shape index (κ2) is 10.9. The van der Waals surface area contributed by atoms with Gasteiger partial charge >= 0.3 is 0 Å². The summed E-state index contributed by atoms with van der Waals surface area (Å²) in [6, 6.07) is 7.42. The highest BCUT2D eigenvalue weighted by atomic mass is 16.5. The van der Waals surface area contributed by atoms with Gasteiger partial charge in [-0.15, -0.1) is 0 Å². The standard InChI is InChI=1S/C26H39N3O4/c1-27-14-8-21(9-15-27)24(31)28-13-5-4-10-26(20-30)11-16-29(17-12-26)25(32)22-6-2-3-7-23(22)33-19-18-28/h2-3,6-7,21,30H,4-5,8-20H2,1H3. The van der Waals surface area contributed by atoms with E-state index in [-0.39, 0.29) is 29.8 Å². The van der Waals surface area contributed by atoms with Gasteiger partial charge in [0.25, 0.3) is 5.91 Å². The summed E-state index contributed by atoms with van der Waals surface area (Å²) >= 11 is 0. The Morgan fingerprint density at radius 1 is 1.03 bits per heavy atom. The van der Waals surface area contributed by atoms with Gasteiger partial charge in [-0.2, -0.15) is 0 Å². The molecule has 33 heavy (non-hydrogen) atoms. The molecule has 1 aromatic rings. The van der Waals surface area contributed by atoms with Crippen LogP contribution in [0.3, 0.4) is 0 Å². The fourth-order valence-corrected chi connectivity index (χ4v) is 5.53. The Bertz CT molecular complexity index is 814. The van der Waals surface area contributed by atoms with Gasteiger partial charge in [-0.3, -0.25) is 9.59 Å². The first-order chi connectivity index (χ1) is 16.0. The lowest BCUT2D eigenvalue weighted by molar-refractivity contribution is -0.137. The molecule has 1 N–H and O–H groups in total. The van der Waals surface area contributed by atoms with Crippen LogP contribution in [0, 0.1) is 11.3 Å². The van der Waals surface area contributed by atoms with Crippen molar-refractivity contribution in [2.75, 3.05) is 59.5 Å². The molecule has 0 saturated carbocycles. The fourth-order valence-electron chi connectivity index (χ4n) is 5.53. The second-order valence-corrected chi connectivity index (χ2v) is 10.2. The Kier molecular flexibility index (Phi) is 7.91. The number of fused-ring (bicyclic) bond motifs is 9. The van der Waals surface area contributed by atoms with Crippen LogP contribution in [0.2, 0.25) is 0 Å². The first kappa shape index (κ1) is 24.0. The number of benzene rings is 1. The van der Waals surface area contributed by atoms with Crippen molar-refractivity contribution in [3.8, 4) is 5.75 Å². The van der Waals surface area contributed by atoms with Gasteiger partial charge in [-0.25, -0.2) is 0 Å². The molecule has 0 atom stereocenters. The zero-order valence-corrected chi connectivity index (χ0v) is 20.0. The number of amides is 2. The molecule has 1 aromatic carbocycles. The van der Waals surface area contributed by atoms with Crippen LogP contribution in [-0.4, -0.2) is 91.2 Å². The molecule has 7 heteroatoms. The normalized spacial score (nSPS) is 23.4. The average Bonchev–Trinajstić information content (AvgIpc) is 2.86. The van der Waals surface area contributed by atoms with E-state index in [0.717, 1.165) is 64.6 Å². The molecule has 0 unspecified atom stereocenters. The zero-order valence-electron chi connectivity index (χ0n) is 20.0. The second-order valence-electron chi connectivity index (χ2n) is 10.2. The summed E-state index contributed by atoms with van der Waals surface area (Å²) in [5.41, 5.74) is 0.465. The van der Waals surface area contributed by atoms with Crippen LogP contribution in [0.1, 0.15) is 55.3 Å². The van der Waals surface area contributed by atoms with E-state index >= 15 is 0 Å². The number of carbonyl (C=O) groups is 2. The summed E-state index contributed by atoms with van der Waals surface area (Å²) in [6.45, 7) is 5.04. The SMILES string of the molecule is CN1CCC(C(=O)N2CCCCC3(CO)CCN(CC3)C(=O)c3ccccc3OCC2)CC1. The monoisotopic (exact) mass is 457 g/mol. The molecule has 7 nitrogen and oxygen atoms in total. The lowest BCUT2D eigenvalue weighted by atomic mass is 9.75. The molecule has 4 aliphatic heterocycles. The highest BCUT2D eigenvalue weighted by molar-refractivity contribution is 5.97. The minimum absolute atomic E-state index is 0.00808. The lowest BCUT2D eigenvalue weighted by Gasteiger charge is -2.41. The minimum Gasteiger partial charge on any atom is -0.491 e. The molecule has 2 amide bonds. The molecule has 2 fully saturated rings. The smallest absolute Gasteiger partial charge is 0.257 e. The van der Waals surface area contributed by atoms with Gasteiger partial charge in [-0.1, -0.05) is 18.6 Å². The van der Waals surface area contributed by atoms with Crippen molar-refractivity contribution in [2.45, 2.75) is 44.9 Å². The van der Waals surface area contributed by atoms with E-state index in [0.29, 0.717) is 37.6 Å². The van der Waals surface area contributed by atoms with Gasteiger partial charge < -0.3 is 24.5 Å². The van der Waals surface area contributed by atoms with Crippen molar-refractivity contribution >= 4 is 11.8 Å². The Labute approximate surface area is 197 Å². The number of aliphatic hydroxyl groups is 1. The van der Waals surface area contributed by atoms with E-state index in [2.05, 4.69) is 11.9 Å². The molecule has 2 saturated heterocycles. The van der Waals surface area contributed by atoms with Crippen molar-refractivity contribution in [3.05, 3.63) is 29.8 Å². The Balaban J connectivity index is 1.51. The average molecular weight is 458 g/mol. The maximum Gasteiger partial charge on any atom is 0.257 e. The van der Waals surface area contributed by atoms with Crippen LogP contribution >= 0.6 is 0 Å². The highest BCUT2D eigenvalue weighted by Gasteiger charge is 2.36. The topological polar surface area (TPSA) is 73.3 Å². The number of para-hydroxylation sites is 1. The molecular formula is C26H39N3O4. The zero-order chi connectivity index (χ0) is 23.3. The van der Waals surface area contributed by atoms with Crippen molar-refractivity contribution in [1.82, 2.24) is 14.7 Å². The van der Waals surface area contributed by atoms with Crippen molar-refractivity contribution in [1.29, 1.82) is 0 Å². The summed E-state index contributed by atoms with van der Waals surface area (Å²) in [4.78, 5) is 32.8. The molecule has 0 spiro atoms. The Hall–Kier alpha value is -2.12. The van der Waals surface area contributed by atoms with Crippen molar-refractivity contribution in [3.63, 3.8) is 0 Å². The maximum atomic E-state index is 13.3.